The molecule has 0 atom stereocenters. The number of fused-ring (bicyclic) bond motifs is 1. The van der Waals surface area contributed by atoms with Crippen LogP contribution in [0.1, 0.15) is 0 Å². The van der Waals surface area contributed by atoms with Crippen LogP contribution in [0.4, 0.5) is 11.4 Å². The van der Waals surface area contributed by atoms with E-state index in [1.807, 2.05) is 72.8 Å². The second kappa shape index (κ2) is 8.87. The molecule has 0 aromatic heterocycles. The molecule has 4 rings (SSSR count). The van der Waals surface area contributed by atoms with Crippen LogP contribution in [0.3, 0.4) is 0 Å². The van der Waals surface area contributed by atoms with Gasteiger partial charge in [0.15, 0.2) is 17.2 Å². The number of anilines is 1. The van der Waals surface area contributed by atoms with E-state index in [-0.39, 0.29) is 12.5 Å². The molecule has 6 heteroatoms. The number of amides is 1. The molecule has 0 aliphatic carbocycles. The van der Waals surface area contributed by atoms with Gasteiger partial charge in [-0.05, 0) is 35.7 Å². The van der Waals surface area contributed by atoms with Gasteiger partial charge in [-0.1, -0.05) is 60.7 Å². The Bertz CT molecular complexity index is 1190. The zero-order valence-electron chi connectivity index (χ0n) is 16.1. The van der Waals surface area contributed by atoms with Crippen LogP contribution in [0.2, 0.25) is 0 Å². The van der Waals surface area contributed by atoms with Gasteiger partial charge in [-0.2, -0.15) is 0 Å². The molecule has 0 aliphatic heterocycles. The molecule has 0 saturated carbocycles. The summed E-state index contributed by atoms with van der Waals surface area (Å²) in [6.07, 6.45) is 0. The summed E-state index contributed by atoms with van der Waals surface area (Å²) in [6, 6.07) is 29.5. The second-order valence-electron chi connectivity index (χ2n) is 6.59. The Kier molecular flexibility index (Phi) is 5.66. The average molecular weight is 398 g/mol. The summed E-state index contributed by atoms with van der Waals surface area (Å²) in [4.78, 5) is 25.6. The Morgan fingerprint density at radius 1 is 0.800 bits per heavy atom. The molecule has 0 radical (unpaired) electrons. The van der Waals surface area contributed by atoms with Crippen molar-refractivity contribution in [2.75, 3.05) is 11.9 Å². The van der Waals surface area contributed by atoms with Gasteiger partial charge in [0.1, 0.15) is 5.75 Å². The van der Waals surface area contributed by atoms with Gasteiger partial charge in [0.05, 0.1) is 16.0 Å². The normalized spacial score (nSPS) is 10.4. The highest BCUT2D eigenvalue weighted by Gasteiger charge is 2.19. The first-order chi connectivity index (χ1) is 14.7. The molecule has 4 aromatic rings. The molecule has 4 aromatic carbocycles. The first-order valence-corrected chi connectivity index (χ1v) is 9.51. The molecular weight excluding hydrogens is 378 g/mol. The number of carbonyl (C=O) groups is 1. The second-order valence-corrected chi connectivity index (χ2v) is 6.59. The van der Waals surface area contributed by atoms with Crippen LogP contribution in [0.15, 0.2) is 97.1 Å². The Balaban J connectivity index is 1.41. The molecule has 2 N–H and O–H groups in total. The van der Waals surface area contributed by atoms with Crippen molar-refractivity contribution >= 4 is 28.1 Å². The van der Waals surface area contributed by atoms with E-state index in [1.165, 1.54) is 0 Å². The Labute approximate surface area is 173 Å². The van der Waals surface area contributed by atoms with Gasteiger partial charge in [-0.3, -0.25) is 4.79 Å². The first-order valence-electron chi connectivity index (χ1n) is 9.51. The maximum Gasteiger partial charge on any atom is 0.299 e. The molecule has 0 unspecified atom stereocenters. The first kappa shape index (κ1) is 19.1. The summed E-state index contributed by atoms with van der Waals surface area (Å²) < 4.78 is 5.85. The zero-order valence-corrected chi connectivity index (χ0v) is 16.1. The number of carbonyl (C=O) groups excluding carboxylic acids is 1. The molecule has 0 spiro atoms. The maximum absolute atomic E-state index is 12.5. The van der Waals surface area contributed by atoms with Gasteiger partial charge in [0.25, 0.3) is 5.69 Å². The average Bonchev–Trinajstić information content (AvgIpc) is 2.79. The van der Waals surface area contributed by atoms with Gasteiger partial charge in [-0.15, -0.1) is 5.43 Å². The highest BCUT2D eigenvalue weighted by atomic mass is 16.5. The monoisotopic (exact) mass is 398 g/mol. The van der Waals surface area contributed by atoms with E-state index >= 15 is 0 Å². The number of nitrogens with zero attached hydrogens (tertiary/aromatic N) is 1. The molecule has 6 nitrogen and oxygen atoms in total. The fraction of sp³-hybridized carbons (Fsp3) is 0.0417. The summed E-state index contributed by atoms with van der Waals surface area (Å²) in [5.74, 6) is 0.823. The van der Waals surface area contributed by atoms with E-state index in [4.69, 9.17) is 4.74 Å². The summed E-state index contributed by atoms with van der Waals surface area (Å²) in [6.45, 7) is -0.188. The molecule has 0 fully saturated rings. The van der Waals surface area contributed by atoms with Gasteiger partial charge in [0, 0.05) is 6.07 Å². The predicted octanol–water partition coefficient (Wildman–Crippen LogP) is 5.19. The lowest BCUT2D eigenvalue weighted by Gasteiger charge is -2.11. The van der Waals surface area contributed by atoms with Crippen LogP contribution >= 0.6 is 0 Å². The Hall–Kier alpha value is -4.19. The van der Waals surface area contributed by atoms with Gasteiger partial charge < -0.3 is 10.1 Å². The molecule has 0 saturated heterocycles. The minimum Gasteiger partial charge on any atom is -0.455 e. The largest absolute Gasteiger partial charge is 0.455 e. The number of nitroso groups, excluding NO2 is 1. The molecule has 0 aliphatic rings. The maximum atomic E-state index is 12.5. The molecule has 1 amide bonds. The van der Waals surface area contributed by atoms with Crippen LogP contribution in [0.5, 0.6) is 11.5 Å². The number of para-hydroxylation sites is 3. The number of benzene rings is 4. The van der Waals surface area contributed by atoms with E-state index < -0.39 is 0 Å². The minimum absolute atomic E-state index is 0.188. The van der Waals surface area contributed by atoms with Crippen molar-refractivity contribution in [2.45, 2.75) is 0 Å². The highest BCUT2D eigenvalue weighted by Crippen LogP contribution is 2.29. The van der Waals surface area contributed by atoms with Crippen LogP contribution in [0, 0.1) is 4.91 Å². The Morgan fingerprint density at radius 2 is 1.50 bits per heavy atom. The van der Waals surface area contributed by atoms with E-state index in [9.17, 15) is 9.70 Å². The van der Waals surface area contributed by atoms with Crippen molar-refractivity contribution < 1.29 is 14.4 Å². The van der Waals surface area contributed by atoms with Crippen LogP contribution in [-0.4, -0.2) is 17.3 Å². The van der Waals surface area contributed by atoms with Crippen molar-refractivity contribution in [3.63, 3.8) is 0 Å². The third kappa shape index (κ3) is 4.44. The third-order valence-corrected chi connectivity index (χ3v) is 4.50. The SMILES string of the molecule is O=C(CN[N+](=O)c1cccc2ccccc12)Nc1ccccc1Oc1ccccc1. The van der Waals surface area contributed by atoms with E-state index in [0.717, 1.165) is 10.8 Å². The summed E-state index contributed by atoms with van der Waals surface area (Å²) in [5.41, 5.74) is 3.58. The number of hydrogen-bond donors (Lipinski definition) is 2. The molecule has 30 heavy (non-hydrogen) atoms. The van der Waals surface area contributed by atoms with Crippen molar-refractivity contribution in [2.24, 2.45) is 0 Å². The van der Waals surface area contributed by atoms with Gasteiger partial charge in [0.2, 0.25) is 5.91 Å². The molecular formula is C24H20N3O3+. The van der Waals surface area contributed by atoms with Crippen molar-refractivity contribution in [3.05, 3.63) is 102 Å². The molecule has 0 heterocycles. The lowest BCUT2D eigenvalue weighted by Crippen LogP contribution is -2.32. The molecule has 148 valence electrons. The Morgan fingerprint density at radius 3 is 2.37 bits per heavy atom. The fourth-order valence-corrected chi connectivity index (χ4v) is 3.08. The minimum atomic E-state index is -0.361. The summed E-state index contributed by atoms with van der Waals surface area (Å²) in [5, 5.41) is 4.55. The lowest BCUT2D eigenvalue weighted by molar-refractivity contribution is -0.524. The van der Waals surface area contributed by atoms with Crippen LogP contribution in [-0.2, 0) is 4.79 Å². The van der Waals surface area contributed by atoms with E-state index in [1.54, 1.807) is 24.3 Å². The number of rotatable bonds is 7. The summed E-state index contributed by atoms with van der Waals surface area (Å²) in [7, 11) is 0. The number of hydrazine groups is 1. The van der Waals surface area contributed by atoms with Crippen molar-refractivity contribution in [3.8, 4) is 11.5 Å². The quantitative estimate of drug-likeness (QED) is 0.332. The lowest BCUT2D eigenvalue weighted by atomic mass is 10.1. The highest BCUT2D eigenvalue weighted by molar-refractivity contribution is 5.94. The van der Waals surface area contributed by atoms with E-state index in [0.29, 0.717) is 27.7 Å². The van der Waals surface area contributed by atoms with Crippen molar-refractivity contribution in [1.82, 2.24) is 5.43 Å². The van der Waals surface area contributed by atoms with Gasteiger partial charge >= 0.3 is 0 Å². The van der Waals surface area contributed by atoms with Crippen molar-refractivity contribution in [1.29, 1.82) is 0 Å². The number of ether oxygens (including phenoxy) is 1. The number of hydrogen-bond acceptors (Lipinski definition) is 3. The topological polar surface area (TPSA) is 70.4 Å². The van der Waals surface area contributed by atoms with E-state index in [2.05, 4.69) is 10.7 Å². The summed E-state index contributed by atoms with van der Waals surface area (Å²) >= 11 is 0. The number of nitrogens with one attached hydrogen (secondary N) is 2. The smallest absolute Gasteiger partial charge is 0.299 e. The van der Waals surface area contributed by atoms with Crippen LogP contribution in [0.25, 0.3) is 10.8 Å². The molecule has 0 bridgehead atoms. The van der Waals surface area contributed by atoms with Gasteiger partial charge in [-0.25, -0.2) is 0 Å². The standard InChI is InChI=1S/C24H19N3O3/c28-24(17-25-27(29)22-15-8-10-18-9-4-5-13-20(18)22)26-21-14-6-7-16-23(21)30-19-11-2-1-3-12-19/h1-16H,17H2,(H-,25,26,28,29)/p+1. The zero-order chi connectivity index (χ0) is 20.8. The fourth-order valence-electron chi connectivity index (χ4n) is 3.08. The van der Waals surface area contributed by atoms with Crippen LogP contribution < -0.4 is 15.5 Å². The predicted molar refractivity (Wildman–Crippen MR) is 117 cm³/mol. The third-order valence-electron chi connectivity index (χ3n) is 4.50.